The van der Waals surface area contributed by atoms with Gasteiger partial charge in [0.25, 0.3) is 0 Å². The number of methoxy groups -OCH3 is 1. The first-order valence-electron chi connectivity index (χ1n) is 10.0. The summed E-state index contributed by atoms with van der Waals surface area (Å²) < 4.78 is 26.9. The Morgan fingerprint density at radius 1 is 1.03 bits per heavy atom. The Hall–Kier alpha value is -3.52. The van der Waals surface area contributed by atoms with Crippen LogP contribution in [-0.2, 0) is 11.3 Å². The monoisotopic (exact) mass is 451 g/mol. The van der Waals surface area contributed by atoms with E-state index in [0.717, 1.165) is 11.0 Å². The third kappa shape index (κ3) is 5.03. The van der Waals surface area contributed by atoms with Gasteiger partial charge in [-0.1, -0.05) is 48.2 Å². The van der Waals surface area contributed by atoms with Gasteiger partial charge in [-0.2, -0.15) is 0 Å². The van der Waals surface area contributed by atoms with Crippen LogP contribution in [0, 0.1) is 5.82 Å². The van der Waals surface area contributed by atoms with E-state index in [2.05, 4.69) is 10.3 Å². The highest BCUT2D eigenvalue weighted by molar-refractivity contribution is 7.99. The molecule has 32 heavy (non-hydrogen) atoms. The van der Waals surface area contributed by atoms with E-state index >= 15 is 0 Å². The molecule has 0 aliphatic heterocycles. The highest BCUT2D eigenvalue weighted by Crippen LogP contribution is 2.27. The first-order chi connectivity index (χ1) is 15.7. The molecule has 0 aliphatic carbocycles. The Morgan fingerprint density at radius 2 is 1.75 bits per heavy atom. The number of amides is 1. The Morgan fingerprint density at radius 3 is 2.56 bits per heavy atom. The van der Waals surface area contributed by atoms with Crippen molar-refractivity contribution in [1.29, 1.82) is 0 Å². The number of halogens is 1. The molecule has 0 saturated carbocycles. The molecule has 0 atom stereocenters. The van der Waals surface area contributed by atoms with Crippen molar-refractivity contribution in [2.75, 3.05) is 24.8 Å². The average Bonchev–Trinajstić information content (AvgIpc) is 3.15. The average molecular weight is 452 g/mol. The zero-order valence-corrected chi connectivity index (χ0v) is 18.3. The largest absolute Gasteiger partial charge is 0.493 e. The second-order valence-corrected chi connectivity index (χ2v) is 7.91. The minimum Gasteiger partial charge on any atom is -0.493 e. The molecule has 1 heterocycles. The van der Waals surface area contributed by atoms with Gasteiger partial charge in [-0.05, 0) is 36.4 Å². The van der Waals surface area contributed by atoms with Crippen LogP contribution in [0.15, 0.2) is 78.0 Å². The normalized spacial score (nSPS) is 10.8. The van der Waals surface area contributed by atoms with Gasteiger partial charge in [0.15, 0.2) is 16.7 Å². The predicted molar refractivity (Wildman–Crippen MR) is 124 cm³/mol. The summed E-state index contributed by atoms with van der Waals surface area (Å²) in [6, 6.07) is 21.2. The predicted octanol–water partition coefficient (Wildman–Crippen LogP) is 4.99. The van der Waals surface area contributed by atoms with Crippen molar-refractivity contribution < 1.29 is 18.7 Å². The summed E-state index contributed by atoms with van der Waals surface area (Å²) in [6.45, 7) is 0.459. The Labute approximate surface area is 189 Å². The highest BCUT2D eigenvalue weighted by Gasteiger charge is 2.15. The zero-order valence-electron chi connectivity index (χ0n) is 17.5. The van der Waals surface area contributed by atoms with E-state index in [1.54, 1.807) is 19.2 Å². The molecule has 6 nitrogen and oxygen atoms in total. The van der Waals surface area contributed by atoms with E-state index in [1.165, 1.54) is 23.9 Å². The molecule has 0 spiro atoms. The minimum absolute atomic E-state index is 0.0184. The van der Waals surface area contributed by atoms with Crippen molar-refractivity contribution >= 4 is 34.4 Å². The van der Waals surface area contributed by atoms with Gasteiger partial charge in [0.1, 0.15) is 12.4 Å². The van der Waals surface area contributed by atoms with Gasteiger partial charge in [0, 0.05) is 5.75 Å². The number of hydrogen-bond acceptors (Lipinski definition) is 5. The van der Waals surface area contributed by atoms with Gasteiger partial charge in [0.05, 0.1) is 30.4 Å². The lowest BCUT2D eigenvalue weighted by Crippen LogP contribution is -2.20. The zero-order chi connectivity index (χ0) is 22.3. The maximum absolute atomic E-state index is 13.9. The number of fused-ring (bicyclic) bond motifs is 1. The van der Waals surface area contributed by atoms with Gasteiger partial charge in [-0.25, -0.2) is 9.37 Å². The fraction of sp³-hybridized carbons (Fsp3) is 0.167. The molecule has 164 valence electrons. The molecule has 3 aromatic carbocycles. The Kier molecular flexibility index (Phi) is 6.91. The number of benzene rings is 3. The van der Waals surface area contributed by atoms with Gasteiger partial charge in [-0.15, -0.1) is 0 Å². The summed E-state index contributed by atoms with van der Waals surface area (Å²) >= 11 is 1.49. The van der Waals surface area contributed by atoms with Gasteiger partial charge in [0.2, 0.25) is 5.91 Å². The number of nitrogens with one attached hydrogen (secondary N) is 1. The fourth-order valence-electron chi connectivity index (χ4n) is 3.23. The summed E-state index contributed by atoms with van der Waals surface area (Å²) in [5.41, 5.74) is 1.78. The lowest BCUT2D eigenvalue weighted by atomic mass is 10.3. The number of para-hydroxylation sites is 5. The molecule has 0 fully saturated rings. The molecule has 4 rings (SSSR count). The summed E-state index contributed by atoms with van der Waals surface area (Å²) in [7, 11) is 1.60. The number of carbonyl (C=O) groups excluding carboxylic acids is 1. The standard InChI is InChI=1S/C24H22FN3O3S/c1-30-21-12-6-7-13-22(21)31-14-15-32-24-27-19-10-4-5-11-20(19)28(24)16-23(29)26-18-9-3-2-8-17(18)25/h2-13H,14-16H2,1H3,(H,26,29). The first-order valence-corrected chi connectivity index (χ1v) is 11.0. The van der Waals surface area contributed by atoms with E-state index in [1.807, 2.05) is 53.1 Å². The molecule has 1 N–H and O–H groups in total. The van der Waals surface area contributed by atoms with E-state index in [4.69, 9.17) is 9.47 Å². The summed E-state index contributed by atoms with van der Waals surface area (Å²) in [5, 5.41) is 3.32. The maximum atomic E-state index is 13.9. The van der Waals surface area contributed by atoms with Crippen LogP contribution in [-0.4, -0.2) is 34.9 Å². The van der Waals surface area contributed by atoms with Gasteiger partial charge in [-0.3, -0.25) is 4.79 Å². The number of ether oxygens (including phenoxy) is 2. The van der Waals surface area contributed by atoms with Crippen molar-refractivity contribution in [3.05, 3.63) is 78.6 Å². The van der Waals surface area contributed by atoms with Gasteiger partial charge >= 0.3 is 0 Å². The quantitative estimate of drug-likeness (QED) is 0.287. The molecular formula is C24H22FN3O3S. The smallest absolute Gasteiger partial charge is 0.244 e. The number of rotatable bonds is 9. The molecule has 1 amide bonds. The van der Waals surface area contributed by atoms with Crippen LogP contribution in [0.4, 0.5) is 10.1 Å². The van der Waals surface area contributed by atoms with E-state index < -0.39 is 5.82 Å². The van der Waals surface area contributed by atoms with Crippen molar-refractivity contribution in [2.24, 2.45) is 0 Å². The molecule has 0 aliphatic rings. The van der Waals surface area contributed by atoms with Crippen molar-refractivity contribution in [1.82, 2.24) is 9.55 Å². The summed E-state index contributed by atoms with van der Waals surface area (Å²) in [6.07, 6.45) is 0. The number of anilines is 1. The molecule has 0 unspecified atom stereocenters. The molecule has 1 aromatic heterocycles. The Bertz CT molecular complexity index is 1230. The number of thioether (sulfide) groups is 1. The topological polar surface area (TPSA) is 65.4 Å². The lowest BCUT2D eigenvalue weighted by Gasteiger charge is -2.11. The third-order valence-electron chi connectivity index (χ3n) is 4.71. The molecule has 0 saturated heterocycles. The number of aromatic nitrogens is 2. The third-order valence-corrected chi connectivity index (χ3v) is 5.65. The number of hydrogen-bond donors (Lipinski definition) is 1. The van der Waals surface area contributed by atoms with Crippen molar-refractivity contribution in [3.63, 3.8) is 0 Å². The Balaban J connectivity index is 1.45. The highest BCUT2D eigenvalue weighted by atomic mass is 32.2. The fourth-order valence-corrected chi connectivity index (χ4v) is 4.07. The molecular weight excluding hydrogens is 429 g/mol. The SMILES string of the molecule is COc1ccccc1OCCSc1nc2ccccc2n1CC(=O)Nc1ccccc1F. The summed E-state index contributed by atoms with van der Waals surface area (Å²) in [5.74, 6) is 1.17. The number of carbonyl (C=O) groups is 1. The van der Waals surface area contributed by atoms with Crippen LogP contribution >= 0.6 is 11.8 Å². The number of nitrogens with zero attached hydrogens (tertiary/aromatic N) is 2. The molecule has 4 aromatic rings. The minimum atomic E-state index is -0.473. The van der Waals surface area contributed by atoms with Crippen LogP contribution in [0.2, 0.25) is 0 Å². The number of imidazole rings is 1. The van der Waals surface area contributed by atoms with Crippen LogP contribution in [0.5, 0.6) is 11.5 Å². The second kappa shape index (κ2) is 10.2. The van der Waals surface area contributed by atoms with Crippen molar-refractivity contribution in [2.45, 2.75) is 11.7 Å². The van der Waals surface area contributed by atoms with Crippen LogP contribution in [0.3, 0.4) is 0 Å². The van der Waals surface area contributed by atoms with Crippen LogP contribution in [0.25, 0.3) is 11.0 Å². The second-order valence-electron chi connectivity index (χ2n) is 6.85. The maximum Gasteiger partial charge on any atom is 0.244 e. The molecule has 0 radical (unpaired) electrons. The van der Waals surface area contributed by atoms with Gasteiger partial charge < -0.3 is 19.4 Å². The van der Waals surface area contributed by atoms with Crippen LogP contribution in [0.1, 0.15) is 0 Å². The molecule has 0 bridgehead atoms. The van der Waals surface area contributed by atoms with E-state index in [0.29, 0.717) is 29.0 Å². The van der Waals surface area contributed by atoms with Crippen LogP contribution < -0.4 is 14.8 Å². The van der Waals surface area contributed by atoms with Crippen molar-refractivity contribution in [3.8, 4) is 11.5 Å². The molecule has 8 heteroatoms. The lowest BCUT2D eigenvalue weighted by molar-refractivity contribution is -0.116. The van der Waals surface area contributed by atoms with E-state index in [9.17, 15) is 9.18 Å². The first kappa shape index (κ1) is 21.7. The summed E-state index contributed by atoms with van der Waals surface area (Å²) in [4.78, 5) is 17.3. The van der Waals surface area contributed by atoms with E-state index in [-0.39, 0.29) is 18.1 Å².